The third-order valence-electron chi connectivity index (χ3n) is 2.98. The zero-order valence-electron chi connectivity index (χ0n) is 11.0. The fraction of sp³-hybridized carbons (Fsp3) is 0.267. The third kappa shape index (κ3) is 3.11. The summed E-state index contributed by atoms with van der Waals surface area (Å²) in [6.45, 7) is 4.54. The Morgan fingerprint density at radius 1 is 1.37 bits per heavy atom. The van der Waals surface area contributed by atoms with E-state index in [1.807, 2.05) is 19.1 Å². The van der Waals surface area contributed by atoms with Crippen molar-refractivity contribution < 1.29 is 4.39 Å². The molecular formula is C15H16ClFN2. The van der Waals surface area contributed by atoms with Gasteiger partial charge in [0.25, 0.3) is 0 Å². The van der Waals surface area contributed by atoms with Gasteiger partial charge in [0, 0.05) is 6.20 Å². The number of pyridine rings is 1. The average molecular weight is 279 g/mol. The molecule has 0 saturated carbocycles. The van der Waals surface area contributed by atoms with Crippen molar-refractivity contribution in [3.8, 4) is 0 Å². The van der Waals surface area contributed by atoms with E-state index in [9.17, 15) is 4.39 Å². The molecule has 2 aromatic rings. The van der Waals surface area contributed by atoms with Crippen molar-refractivity contribution >= 4 is 11.6 Å². The van der Waals surface area contributed by atoms with Gasteiger partial charge in [-0.05, 0) is 42.8 Å². The Hall–Kier alpha value is -1.45. The number of hydrogen-bond acceptors (Lipinski definition) is 2. The fourth-order valence-corrected chi connectivity index (χ4v) is 2.26. The molecule has 0 amide bonds. The topological polar surface area (TPSA) is 24.9 Å². The Morgan fingerprint density at radius 2 is 2.16 bits per heavy atom. The maximum Gasteiger partial charge on any atom is 0.126 e. The summed E-state index contributed by atoms with van der Waals surface area (Å²) in [6, 6.07) is 8.55. The summed E-state index contributed by atoms with van der Waals surface area (Å²) >= 11 is 6.20. The fourth-order valence-electron chi connectivity index (χ4n) is 2.03. The minimum absolute atomic E-state index is 0.127. The highest BCUT2D eigenvalue weighted by molar-refractivity contribution is 6.31. The Kier molecular flexibility index (Phi) is 4.51. The Morgan fingerprint density at radius 3 is 2.79 bits per heavy atom. The van der Waals surface area contributed by atoms with E-state index in [-0.39, 0.29) is 11.9 Å². The van der Waals surface area contributed by atoms with E-state index in [0.717, 1.165) is 17.8 Å². The molecule has 0 saturated heterocycles. The molecule has 4 heteroatoms. The summed E-state index contributed by atoms with van der Waals surface area (Å²) in [5, 5.41) is 3.94. The molecule has 0 aliphatic carbocycles. The van der Waals surface area contributed by atoms with Crippen LogP contribution in [0.25, 0.3) is 0 Å². The van der Waals surface area contributed by atoms with Gasteiger partial charge in [0.05, 0.1) is 16.8 Å². The van der Waals surface area contributed by atoms with Crippen LogP contribution < -0.4 is 5.32 Å². The zero-order valence-corrected chi connectivity index (χ0v) is 11.7. The molecular weight excluding hydrogens is 263 g/mol. The van der Waals surface area contributed by atoms with Crippen molar-refractivity contribution in [1.29, 1.82) is 0 Å². The van der Waals surface area contributed by atoms with E-state index in [1.54, 1.807) is 25.3 Å². The Bertz CT molecular complexity index is 572. The third-order valence-corrected chi connectivity index (χ3v) is 3.30. The molecule has 2 rings (SSSR count). The number of nitrogens with one attached hydrogen (secondary N) is 1. The van der Waals surface area contributed by atoms with Gasteiger partial charge in [0.1, 0.15) is 5.82 Å². The van der Waals surface area contributed by atoms with Crippen LogP contribution in [0.1, 0.15) is 29.8 Å². The normalized spacial score (nSPS) is 12.4. The van der Waals surface area contributed by atoms with Crippen LogP contribution in [0, 0.1) is 12.7 Å². The predicted molar refractivity (Wildman–Crippen MR) is 75.9 cm³/mol. The summed E-state index contributed by atoms with van der Waals surface area (Å²) in [5.74, 6) is -0.203. The van der Waals surface area contributed by atoms with Gasteiger partial charge in [0.2, 0.25) is 0 Å². The Labute approximate surface area is 117 Å². The molecule has 2 nitrogen and oxygen atoms in total. The van der Waals surface area contributed by atoms with E-state index in [0.29, 0.717) is 10.6 Å². The molecule has 1 heterocycles. The van der Waals surface area contributed by atoms with Crippen LogP contribution in [-0.2, 0) is 0 Å². The van der Waals surface area contributed by atoms with Gasteiger partial charge in [0.15, 0.2) is 0 Å². The van der Waals surface area contributed by atoms with Crippen molar-refractivity contribution in [2.24, 2.45) is 0 Å². The quantitative estimate of drug-likeness (QED) is 0.918. The number of hydrogen-bond donors (Lipinski definition) is 1. The van der Waals surface area contributed by atoms with Gasteiger partial charge in [-0.25, -0.2) is 4.39 Å². The van der Waals surface area contributed by atoms with Gasteiger partial charge in [-0.3, -0.25) is 4.98 Å². The summed E-state index contributed by atoms with van der Waals surface area (Å²) in [5.41, 5.74) is 2.34. The second kappa shape index (κ2) is 6.13. The van der Waals surface area contributed by atoms with Gasteiger partial charge >= 0.3 is 0 Å². The second-order valence-corrected chi connectivity index (χ2v) is 4.78. The monoisotopic (exact) mass is 278 g/mol. The summed E-state index contributed by atoms with van der Waals surface area (Å²) in [4.78, 5) is 4.34. The van der Waals surface area contributed by atoms with Gasteiger partial charge in [-0.15, -0.1) is 0 Å². The maximum atomic E-state index is 13.4. The second-order valence-electron chi connectivity index (χ2n) is 4.37. The molecule has 19 heavy (non-hydrogen) atoms. The van der Waals surface area contributed by atoms with E-state index in [4.69, 9.17) is 11.6 Å². The smallest absolute Gasteiger partial charge is 0.126 e. The van der Waals surface area contributed by atoms with Gasteiger partial charge in [-0.1, -0.05) is 30.7 Å². The van der Waals surface area contributed by atoms with Crippen molar-refractivity contribution in [2.75, 3.05) is 6.54 Å². The molecule has 1 unspecified atom stereocenters. The van der Waals surface area contributed by atoms with Crippen molar-refractivity contribution in [3.63, 3.8) is 0 Å². The molecule has 1 aromatic heterocycles. The zero-order chi connectivity index (χ0) is 13.8. The first-order valence-electron chi connectivity index (χ1n) is 6.23. The molecule has 0 aliphatic rings. The van der Waals surface area contributed by atoms with Crippen LogP contribution >= 0.6 is 11.6 Å². The highest BCUT2D eigenvalue weighted by atomic mass is 35.5. The van der Waals surface area contributed by atoms with Crippen LogP contribution in [0.2, 0.25) is 5.02 Å². The molecule has 1 atom stereocenters. The van der Waals surface area contributed by atoms with E-state index in [1.165, 1.54) is 6.07 Å². The number of nitrogens with zero attached hydrogens (tertiary/aromatic N) is 1. The molecule has 100 valence electrons. The van der Waals surface area contributed by atoms with Crippen molar-refractivity contribution in [3.05, 3.63) is 64.2 Å². The number of halogens is 2. The summed E-state index contributed by atoms with van der Waals surface area (Å²) in [6.07, 6.45) is 1.71. The number of aromatic nitrogens is 1. The van der Waals surface area contributed by atoms with E-state index in [2.05, 4.69) is 10.3 Å². The van der Waals surface area contributed by atoms with Crippen LogP contribution in [0.5, 0.6) is 0 Å². The molecule has 0 spiro atoms. The molecule has 0 aliphatic heterocycles. The summed E-state index contributed by atoms with van der Waals surface area (Å²) < 4.78 is 13.4. The largest absolute Gasteiger partial charge is 0.305 e. The van der Waals surface area contributed by atoms with Gasteiger partial charge in [-0.2, -0.15) is 0 Å². The van der Waals surface area contributed by atoms with Crippen molar-refractivity contribution in [2.45, 2.75) is 19.9 Å². The molecule has 1 aromatic carbocycles. The summed E-state index contributed by atoms with van der Waals surface area (Å²) in [7, 11) is 0. The van der Waals surface area contributed by atoms with Crippen molar-refractivity contribution in [1.82, 2.24) is 10.3 Å². The first-order valence-corrected chi connectivity index (χ1v) is 6.61. The number of rotatable bonds is 4. The van der Waals surface area contributed by atoms with Crippen LogP contribution in [0.4, 0.5) is 4.39 Å². The minimum atomic E-state index is -0.203. The lowest BCUT2D eigenvalue weighted by atomic mass is 10.0. The lowest BCUT2D eigenvalue weighted by molar-refractivity contribution is 0.600. The lowest BCUT2D eigenvalue weighted by Gasteiger charge is -2.19. The molecule has 0 fully saturated rings. The van der Waals surface area contributed by atoms with E-state index >= 15 is 0 Å². The maximum absolute atomic E-state index is 13.4. The number of benzene rings is 1. The average Bonchev–Trinajstić information content (AvgIpc) is 2.40. The minimum Gasteiger partial charge on any atom is -0.305 e. The highest BCUT2D eigenvalue weighted by Gasteiger charge is 2.17. The molecule has 0 radical (unpaired) electrons. The van der Waals surface area contributed by atoms with Crippen LogP contribution in [0.3, 0.4) is 0 Å². The van der Waals surface area contributed by atoms with E-state index < -0.39 is 0 Å². The molecule has 0 bridgehead atoms. The highest BCUT2D eigenvalue weighted by Crippen LogP contribution is 2.27. The Balaban J connectivity index is 2.45. The molecule has 1 N–H and O–H groups in total. The van der Waals surface area contributed by atoms with Crippen LogP contribution in [-0.4, -0.2) is 11.5 Å². The van der Waals surface area contributed by atoms with Gasteiger partial charge < -0.3 is 5.32 Å². The standard InChI is InChI=1S/C15H16ClFN2/c1-3-18-14(15-12(16)5-4-8-19-15)11-6-7-13(17)10(2)9-11/h4-9,14,18H,3H2,1-2H3. The predicted octanol–water partition coefficient (Wildman–Crippen LogP) is 3.88. The lowest BCUT2D eigenvalue weighted by Crippen LogP contribution is -2.23. The first kappa shape index (κ1) is 14.0. The van der Waals surface area contributed by atoms with Crippen LogP contribution in [0.15, 0.2) is 36.5 Å². The first-order chi connectivity index (χ1) is 9.13. The SMILES string of the molecule is CCNC(c1ccc(F)c(C)c1)c1ncccc1Cl. The number of aryl methyl sites for hydroxylation is 1.